The molecular formula is C23H24N4O6S. The quantitative estimate of drug-likeness (QED) is 0.270. The van der Waals surface area contributed by atoms with E-state index in [0.717, 1.165) is 5.56 Å². The summed E-state index contributed by atoms with van der Waals surface area (Å²) < 4.78 is 33.4. The molecule has 0 saturated carbocycles. The maximum absolute atomic E-state index is 12.7. The molecule has 0 aliphatic carbocycles. The molecule has 1 aromatic heterocycles. The Hall–Kier alpha value is -3.83. The number of nitro groups is 1. The van der Waals surface area contributed by atoms with Gasteiger partial charge in [-0.15, -0.1) is 0 Å². The van der Waals surface area contributed by atoms with Crippen molar-refractivity contribution in [2.24, 2.45) is 11.0 Å². The number of nitro benzene ring substituents is 1. The topological polar surface area (TPSA) is 144 Å². The number of hydrogen-bond donors (Lipinski definition) is 2. The van der Waals surface area contributed by atoms with Gasteiger partial charge in [-0.25, -0.2) is 13.8 Å². The Morgan fingerprint density at radius 2 is 1.82 bits per heavy atom. The average Bonchev–Trinajstić information content (AvgIpc) is 3.26. The summed E-state index contributed by atoms with van der Waals surface area (Å²) in [6.45, 7) is 5.27. The van der Waals surface area contributed by atoms with Crippen LogP contribution < -0.4 is 10.1 Å². The van der Waals surface area contributed by atoms with Crippen molar-refractivity contribution >= 4 is 27.8 Å². The zero-order valence-corrected chi connectivity index (χ0v) is 19.6. The van der Waals surface area contributed by atoms with Gasteiger partial charge in [-0.05, 0) is 37.1 Å². The van der Waals surface area contributed by atoms with E-state index in [1.54, 1.807) is 50.2 Å². The van der Waals surface area contributed by atoms with E-state index in [1.165, 1.54) is 30.5 Å². The van der Waals surface area contributed by atoms with Crippen molar-refractivity contribution in [1.29, 1.82) is 0 Å². The first-order valence-corrected chi connectivity index (χ1v) is 11.8. The van der Waals surface area contributed by atoms with Crippen molar-refractivity contribution < 1.29 is 22.6 Å². The molecule has 0 aliphatic heterocycles. The summed E-state index contributed by atoms with van der Waals surface area (Å²) in [6.07, 6.45) is 1.25. The first-order chi connectivity index (χ1) is 16.1. The molecule has 1 amide bonds. The fourth-order valence-corrected chi connectivity index (χ4v) is 4.37. The van der Waals surface area contributed by atoms with Gasteiger partial charge in [0.15, 0.2) is 0 Å². The molecule has 178 valence electrons. The summed E-state index contributed by atoms with van der Waals surface area (Å²) in [5, 5.41) is 14.8. The van der Waals surface area contributed by atoms with E-state index >= 15 is 0 Å². The molecule has 3 aromatic rings. The number of aryl methyl sites for hydroxylation is 1. The molecule has 2 N–H and O–H groups in total. The van der Waals surface area contributed by atoms with Crippen LogP contribution in [-0.2, 0) is 14.8 Å². The lowest BCUT2D eigenvalue weighted by Gasteiger charge is -2.20. The molecule has 0 saturated heterocycles. The number of sulfonamides is 1. The van der Waals surface area contributed by atoms with Gasteiger partial charge in [-0.2, -0.15) is 9.82 Å². The molecule has 1 atom stereocenters. The Morgan fingerprint density at radius 3 is 2.47 bits per heavy atom. The molecule has 1 heterocycles. The largest absolute Gasteiger partial charge is 0.455 e. The van der Waals surface area contributed by atoms with E-state index in [4.69, 9.17) is 4.42 Å². The number of hydrazone groups is 1. The fraction of sp³-hybridized carbons (Fsp3) is 0.217. The Morgan fingerprint density at radius 1 is 1.12 bits per heavy atom. The Balaban J connectivity index is 1.67. The molecule has 11 heteroatoms. The Labute approximate surface area is 196 Å². The highest BCUT2D eigenvalue weighted by Gasteiger charge is 2.28. The van der Waals surface area contributed by atoms with Crippen molar-refractivity contribution in [1.82, 2.24) is 10.1 Å². The molecule has 0 radical (unpaired) electrons. The number of amides is 1. The predicted octanol–water partition coefficient (Wildman–Crippen LogP) is 3.62. The molecule has 0 aliphatic rings. The second-order valence-electron chi connectivity index (χ2n) is 7.90. The van der Waals surface area contributed by atoms with Crippen molar-refractivity contribution in [2.45, 2.75) is 31.7 Å². The van der Waals surface area contributed by atoms with Crippen LogP contribution >= 0.6 is 0 Å². The molecule has 0 spiro atoms. The number of rotatable bonds is 9. The van der Waals surface area contributed by atoms with Crippen molar-refractivity contribution in [2.75, 3.05) is 0 Å². The first kappa shape index (κ1) is 24.8. The summed E-state index contributed by atoms with van der Waals surface area (Å²) in [7, 11) is -3.91. The molecule has 34 heavy (non-hydrogen) atoms. The highest BCUT2D eigenvalue weighted by atomic mass is 32.2. The molecule has 0 fully saturated rings. The maximum Gasteiger partial charge on any atom is 0.270 e. The van der Waals surface area contributed by atoms with E-state index in [2.05, 4.69) is 15.2 Å². The number of carbonyl (C=O) groups excluding carboxylic acids is 1. The third kappa shape index (κ3) is 6.15. The molecule has 0 bridgehead atoms. The van der Waals surface area contributed by atoms with Crippen molar-refractivity contribution in [3.63, 3.8) is 0 Å². The summed E-state index contributed by atoms with van der Waals surface area (Å²) in [5.41, 5.74) is 3.69. The van der Waals surface area contributed by atoms with E-state index in [-0.39, 0.29) is 16.5 Å². The van der Waals surface area contributed by atoms with Gasteiger partial charge in [0.25, 0.3) is 11.6 Å². The van der Waals surface area contributed by atoms with Gasteiger partial charge in [0.1, 0.15) is 17.6 Å². The van der Waals surface area contributed by atoms with E-state index in [1.807, 2.05) is 6.92 Å². The molecule has 2 aromatic carbocycles. The highest BCUT2D eigenvalue weighted by Crippen LogP contribution is 2.25. The lowest BCUT2D eigenvalue weighted by atomic mass is 10.1. The average molecular weight is 485 g/mol. The summed E-state index contributed by atoms with van der Waals surface area (Å²) in [4.78, 5) is 23.1. The second kappa shape index (κ2) is 10.4. The van der Waals surface area contributed by atoms with Crippen LogP contribution in [-0.4, -0.2) is 31.5 Å². The number of hydrogen-bond acceptors (Lipinski definition) is 7. The molecular weight excluding hydrogens is 460 g/mol. The highest BCUT2D eigenvalue weighted by molar-refractivity contribution is 7.89. The van der Waals surface area contributed by atoms with Crippen LogP contribution in [0.4, 0.5) is 5.69 Å². The third-order valence-corrected chi connectivity index (χ3v) is 6.35. The number of furan rings is 1. The van der Waals surface area contributed by atoms with Crippen molar-refractivity contribution in [3.05, 3.63) is 82.1 Å². The van der Waals surface area contributed by atoms with Gasteiger partial charge in [-0.1, -0.05) is 43.7 Å². The smallest absolute Gasteiger partial charge is 0.270 e. The van der Waals surface area contributed by atoms with E-state index in [0.29, 0.717) is 17.1 Å². The lowest BCUT2D eigenvalue weighted by molar-refractivity contribution is -0.384. The van der Waals surface area contributed by atoms with Gasteiger partial charge in [0, 0.05) is 17.7 Å². The second-order valence-corrected chi connectivity index (χ2v) is 9.61. The number of benzene rings is 2. The summed E-state index contributed by atoms with van der Waals surface area (Å²) >= 11 is 0. The van der Waals surface area contributed by atoms with Crippen molar-refractivity contribution in [3.8, 4) is 11.3 Å². The minimum absolute atomic E-state index is 0.0596. The van der Waals surface area contributed by atoms with E-state index < -0.39 is 26.9 Å². The summed E-state index contributed by atoms with van der Waals surface area (Å²) in [6, 6.07) is 14.4. The van der Waals surface area contributed by atoms with Gasteiger partial charge >= 0.3 is 0 Å². The van der Waals surface area contributed by atoms with Crippen LogP contribution in [0.15, 0.2) is 75.1 Å². The van der Waals surface area contributed by atoms with Gasteiger partial charge in [0.2, 0.25) is 10.0 Å². The first-order valence-electron chi connectivity index (χ1n) is 10.3. The van der Waals surface area contributed by atoms with Crippen LogP contribution in [0.2, 0.25) is 0 Å². The van der Waals surface area contributed by atoms with E-state index in [9.17, 15) is 23.3 Å². The maximum atomic E-state index is 12.7. The van der Waals surface area contributed by atoms with Crippen LogP contribution in [0.1, 0.15) is 25.2 Å². The minimum atomic E-state index is -3.91. The summed E-state index contributed by atoms with van der Waals surface area (Å²) in [5.74, 6) is -0.294. The fourth-order valence-electron chi connectivity index (χ4n) is 3.02. The van der Waals surface area contributed by atoms with Crippen LogP contribution in [0.25, 0.3) is 11.3 Å². The molecule has 0 unspecified atom stereocenters. The number of nitrogens with zero attached hydrogens (tertiary/aromatic N) is 2. The van der Waals surface area contributed by atoms with Crippen LogP contribution in [0, 0.1) is 23.0 Å². The zero-order valence-electron chi connectivity index (χ0n) is 18.8. The number of non-ortho nitro benzene ring substituents is 1. The molecule has 3 rings (SSSR count). The number of nitrogens with one attached hydrogen (secondary N) is 2. The normalized spacial score (nSPS) is 12.7. The molecule has 10 nitrogen and oxygen atoms in total. The van der Waals surface area contributed by atoms with Gasteiger partial charge in [-0.3, -0.25) is 14.9 Å². The Kier molecular flexibility index (Phi) is 7.59. The minimum Gasteiger partial charge on any atom is -0.455 e. The third-order valence-electron chi connectivity index (χ3n) is 4.90. The SMILES string of the molecule is Cc1ccc(S(=O)(=O)N[C@H](C(=O)N/N=C\c2ccc(-c3cccc([N+](=O)[O-])c3)o2)C(C)C)cc1. The number of carbonyl (C=O) groups is 1. The Bertz CT molecular complexity index is 1310. The standard InChI is InChI=1S/C23H24N4O6S/c1-15(2)22(26-34(31,32)20-10-7-16(3)8-11-20)23(28)25-24-14-19-9-12-21(33-19)17-5-4-6-18(13-17)27(29)30/h4-15,22,26H,1-3H3,(H,25,28)/b24-14-/t22-/m0/s1. The van der Waals surface area contributed by atoms with Crippen LogP contribution in [0.3, 0.4) is 0 Å². The zero-order chi connectivity index (χ0) is 24.9. The predicted molar refractivity (Wildman–Crippen MR) is 127 cm³/mol. The monoisotopic (exact) mass is 484 g/mol. The van der Waals surface area contributed by atoms with Crippen LogP contribution in [0.5, 0.6) is 0 Å². The lowest BCUT2D eigenvalue weighted by Crippen LogP contribution is -2.48. The van der Waals surface area contributed by atoms with Gasteiger partial charge < -0.3 is 4.42 Å². The van der Waals surface area contributed by atoms with Gasteiger partial charge in [0.05, 0.1) is 16.0 Å².